The molecule has 166 valence electrons. The average molecular weight is 434 g/mol. The molecule has 2 N–H and O–H groups in total. The van der Waals surface area contributed by atoms with Crippen LogP contribution in [0.3, 0.4) is 0 Å². The molecule has 6 aliphatic rings. The number of phenols is 2. The summed E-state index contributed by atoms with van der Waals surface area (Å²) in [4.78, 5) is 2.40. The molecule has 0 amide bonds. The summed E-state index contributed by atoms with van der Waals surface area (Å²) in [6.45, 7) is 3.03. The highest BCUT2D eigenvalue weighted by Crippen LogP contribution is 2.79. The number of aromatic hydroxyl groups is 2. The van der Waals surface area contributed by atoms with Crippen molar-refractivity contribution in [2.75, 3.05) is 27.8 Å². The Hall–Kier alpha value is -2.70. The first-order chi connectivity index (χ1) is 15.3. The molecule has 6 nitrogen and oxygen atoms in total. The van der Waals surface area contributed by atoms with Crippen molar-refractivity contribution in [2.24, 2.45) is 0 Å². The maximum atomic E-state index is 11.3. The van der Waals surface area contributed by atoms with Gasteiger partial charge in [-0.3, -0.25) is 0 Å². The summed E-state index contributed by atoms with van der Waals surface area (Å²) in [6.07, 6.45) is 5.99. The van der Waals surface area contributed by atoms with Gasteiger partial charge in [0.15, 0.2) is 22.7 Å². The summed E-state index contributed by atoms with van der Waals surface area (Å²) in [5, 5.41) is 22.5. The van der Waals surface area contributed by atoms with E-state index in [9.17, 15) is 10.2 Å². The normalized spacial score (nSPS) is 39.4. The third-order valence-corrected chi connectivity index (χ3v) is 9.55. The van der Waals surface area contributed by atoms with Gasteiger partial charge in [0.2, 0.25) is 0 Å². The van der Waals surface area contributed by atoms with E-state index in [4.69, 9.17) is 14.2 Å². The monoisotopic (exact) mass is 433 g/mol. The molecular weight excluding hydrogens is 406 g/mol. The Kier molecular flexibility index (Phi) is 3.10. The molecule has 2 aromatic rings. The minimum Gasteiger partial charge on any atom is -0.508 e. The molecule has 0 unspecified atom stereocenters. The number of likely N-dealkylation sites (tertiary alicyclic amines) is 1. The molecule has 1 saturated heterocycles. The minimum absolute atomic E-state index is 0.101. The van der Waals surface area contributed by atoms with E-state index in [1.165, 1.54) is 11.1 Å². The van der Waals surface area contributed by atoms with Gasteiger partial charge >= 0.3 is 0 Å². The number of hydrogen-bond donors (Lipinski definition) is 2. The topological polar surface area (TPSA) is 71.4 Å². The summed E-state index contributed by atoms with van der Waals surface area (Å²) in [5.41, 5.74) is 0.898. The summed E-state index contributed by atoms with van der Waals surface area (Å²) in [5.74, 6) is 1.81. The lowest BCUT2D eigenvalue weighted by Crippen LogP contribution is -2.82. The highest BCUT2D eigenvalue weighted by atomic mass is 16.6. The second-order valence-corrected chi connectivity index (χ2v) is 10.1. The third kappa shape index (κ3) is 1.47. The van der Waals surface area contributed by atoms with E-state index in [2.05, 4.69) is 37.1 Å². The zero-order valence-corrected chi connectivity index (χ0v) is 18.7. The SMILES string of the molecule is COc1ccc2c3c1O[C@]1(C)[C@]34CCN(C)[C@H](C2)[C@@]42C=C[C@]1(OC)c1c(O)ccc(O)c12. The van der Waals surface area contributed by atoms with Crippen LogP contribution in [0.25, 0.3) is 0 Å². The number of benzene rings is 2. The predicted molar refractivity (Wildman–Crippen MR) is 118 cm³/mol. The fourth-order valence-electron chi connectivity index (χ4n) is 8.44. The van der Waals surface area contributed by atoms with Crippen molar-refractivity contribution in [1.29, 1.82) is 0 Å². The molecule has 2 aliphatic heterocycles. The number of piperidine rings is 1. The zero-order chi connectivity index (χ0) is 22.3. The number of ether oxygens (including phenoxy) is 3. The van der Waals surface area contributed by atoms with E-state index in [1.807, 2.05) is 6.07 Å². The molecule has 32 heavy (non-hydrogen) atoms. The van der Waals surface area contributed by atoms with Crippen molar-refractivity contribution >= 4 is 0 Å². The largest absolute Gasteiger partial charge is 0.508 e. The van der Waals surface area contributed by atoms with Crippen molar-refractivity contribution in [3.05, 3.63) is 58.7 Å². The molecule has 4 bridgehead atoms. The van der Waals surface area contributed by atoms with Crippen LogP contribution in [0.5, 0.6) is 23.0 Å². The summed E-state index contributed by atoms with van der Waals surface area (Å²) < 4.78 is 19.1. The van der Waals surface area contributed by atoms with Gasteiger partial charge in [-0.15, -0.1) is 0 Å². The first-order valence-electron chi connectivity index (χ1n) is 11.2. The predicted octanol–water partition coefficient (Wildman–Crippen LogP) is 3.12. The van der Waals surface area contributed by atoms with Crippen molar-refractivity contribution in [1.82, 2.24) is 4.90 Å². The van der Waals surface area contributed by atoms with Gasteiger partial charge in [-0.2, -0.15) is 0 Å². The Morgan fingerprint density at radius 2 is 1.78 bits per heavy atom. The lowest BCUT2D eigenvalue weighted by Gasteiger charge is -2.72. The highest BCUT2D eigenvalue weighted by Gasteiger charge is 2.84. The van der Waals surface area contributed by atoms with Crippen molar-refractivity contribution in [3.63, 3.8) is 0 Å². The van der Waals surface area contributed by atoms with Crippen LogP contribution in [-0.2, 0) is 27.6 Å². The average Bonchev–Trinajstić information content (AvgIpc) is 3.08. The first-order valence-corrected chi connectivity index (χ1v) is 11.2. The molecule has 0 saturated carbocycles. The van der Waals surface area contributed by atoms with E-state index < -0.39 is 22.0 Å². The molecular formula is C26H27NO5. The fraction of sp³-hybridized carbons (Fsp3) is 0.462. The molecule has 6 heteroatoms. The van der Waals surface area contributed by atoms with Crippen LogP contribution >= 0.6 is 0 Å². The van der Waals surface area contributed by atoms with E-state index in [-0.39, 0.29) is 17.5 Å². The van der Waals surface area contributed by atoms with Gasteiger partial charge < -0.3 is 29.3 Å². The Morgan fingerprint density at radius 1 is 1.03 bits per heavy atom. The lowest BCUT2D eigenvalue weighted by molar-refractivity contribution is -0.202. The molecule has 2 aromatic carbocycles. The van der Waals surface area contributed by atoms with Gasteiger partial charge in [-0.25, -0.2) is 0 Å². The van der Waals surface area contributed by atoms with Crippen LogP contribution in [0.15, 0.2) is 36.4 Å². The van der Waals surface area contributed by atoms with Crippen LogP contribution < -0.4 is 9.47 Å². The second-order valence-electron chi connectivity index (χ2n) is 10.1. The van der Waals surface area contributed by atoms with Crippen LogP contribution in [0.2, 0.25) is 0 Å². The van der Waals surface area contributed by atoms with Crippen LogP contribution in [-0.4, -0.2) is 54.6 Å². The summed E-state index contributed by atoms with van der Waals surface area (Å²) in [6, 6.07) is 7.44. The molecule has 4 aliphatic carbocycles. The Labute approximate surface area is 187 Å². The maximum absolute atomic E-state index is 11.3. The number of rotatable bonds is 2. The van der Waals surface area contributed by atoms with E-state index in [0.717, 1.165) is 30.7 Å². The second kappa shape index (κ2) is 5.26. The lowest BCUT2D eigenvalue weighted by atomic mass is 9.34. The number of methoxy groups -OCH3 is 2. The van der Waals surface area contributed by atoms with Crippen LogP contribution in [0, 0.1) is 0 Å². The number of phenolic OH excluding ortho intramolecular Hbond substituents is 2. The summed E-state index contributed by atoms with van der Waals surface area (Å²) in [7, 11) is 5.50. The van der Waals surface area contributed by atoms with Crippen molar-refractivity contribution in [3.8, 4) is 23.0 Å². The molecule has 1 fully saturated rings. The van der Waals surface area contributed by atoms with Crippen LogP contribution in [0.1, 0.15) is 35.6 Å². The number of hydrogen-bond acceptors (Lipinski definition) is 6. The maximum Gasteiger partial charge on any atom is 0.166 e. The number of likely N-dealkylation sites (N-methyl/N-ethyl adjacent to an activating group) is 1. The van der Waals surface area contributed by atoms with Crippen molar-refractivity contribution in [2.45, 2.75) is 47.8 Å². The summed E-state index contributed by atoms with van der Waals surface area (Å²) >= 11 is 0. The van der Waals surface area contributed by atoms with E-state index in [0.29, 0.717) is 11.3 Å². The van der Waals surface area contributed by atoms with E-state index >= 15 is 0 Å². The van der Waals surface area contributed by atoms with Crippen molar-refractivity contribution < 1.29 is 24.4 Å². The highest BCUT2D eigenvalue weighted by molar-refractivity contribution is 5.76. The quantitative estimate of drug-likeness (QED) is 0.560. The van der Waals surface area contributed by atoms with Gasteiger partial charge in [0.05, 0.1) is 12.5 Å². The Bertz CT molecular complexity index is 1260. The van der Waals surface area contributed by atoms with Gasteiger partial charge in [0.1, 0.15) is 11.5 Å². The Morgan fingerprint density at radius 3 is 2.50 bits per heavy atom. The van der Waals surface area contributed by atoms with Gasteiger partial charge in [-0.1, -0.05) is 12.1 Å². The van der Waals surface area contributed by atoms with E-state index in [1.54, 1.807) is 26.4 Å². The molecule has 0 radical (unpaired) electrons. The fourth-order valence-corrected chi connectivity index (χ4v) is 8.44. The zero-order valence-electron chi connectivity index (χ0n) is 18.7. The van der Waals surface area contributed by atoms with Gasteiger partial charge in [0.25, 0.3) is 0 Å². The van der Waals surface area contributed by atoms with Gasteiger partial charge in [-0.05, 0) is 63.2 Å². The molecule has 2 heterocycles. The Balaban J connectivity index is 1.74. The molecule has 8 rings (SSSR count). The number of nitrogens with zero attached hydrogens (tertiary/aromatic N) is 1. The minimum atomic E-state index is -1.06. The smallest absolute Gasteiger partial charge is 0.166 e. The standard InChI is InChI=1S/C26H27NO5/c1-23-25-11-12-27(2)18(13-14-5-8-17(30-3)22(32-23)19(14)25)24(25)9-10-26(23,31-4)21-16(29)7-6-15(28)20(21)24/h5-10,18,28-29H,11-13H2,1-4H3/t18-,23-,24-,25+,26+/m1/s1. The molecule has 5 atom stereocenters. The first kappa shape index (κ1) is 18.8. The third-order valence-electron chi connectivity index (χ3n) is 9.55. The molecule has 0 aromatic heterocycles. The molecule has 2 spiro atoms. The van der Waals surface area contributed by atoms with Crippen LogP contribution in [0.4, 0.5) is 0 Å². The van der Waals surface area contributed by atoms with Gasteiger partial charge in [0, 0.05) is 35.3 Å².